The Bertz CT molecular complexity index is 434. The van der Waals surface area contributed by atoms with Gasteiger partial charge in [0.05, 0.1) is 5.60 Å². The predicted molar refractivity (Wildman–Crippen MR) is 75.4 cm³/mol. The van der Waals surface area contributed by atoms with Crippen LogP contribution in [-0.4, -0.2) is 28.8 Å². The van der Waals surface area contributed by atoms with Crippen LogP contribution in [0.5, 0.6) is 0 Å². The van der Waals surface area contributed by atoms with Crippen molar-refractivity contribution in [2.45, 2.75) is 64.1 Å². The highest BCUT2D eigenvalue weighted by Crippen LogP contribution is 2.35. The first-order valence-electron chi connectivity index (χ1n) is 7.86. The smallest absolute Gasteiger partial charge is 0.252 e. The number of aromatic nitrogens is 2. The minimum absolute atomic E-state index is 0.0617. The van der Waals surface area contributed by atoms with Crippen molar-refractivity contribution in [3.8, 4) is 0 Å². The molecule has 5 nitrogen and oxygen atoms in total. The summed E-state index contributed by atoms with van der Waals surface area (Å²) in [7, 11) is 0. The monoisotopic (exact) mass is 279 g/mol. The van der Waals surface area contributed by atoms with Gasteiger partial charge in [-0.15, -0.1) is 0 Å². The van der Waals surface area contributed by atoms with Crippen molar-refractivity contribution in [1.82, 2.24) is 15.5 Å². The second-order valence-corrected chi connectivity index (χ2v) is 6.51. The Labute approximate surface area is 120 Å². The minimum Gasteiger partial charge on any atom is -0.363 e. The van der Waals surface area contributed by atoms with Crippen LogP contribution in [0.1, 0.15) is 63.6 Å². The van der Waals surface area contributed by atoms with E-state index in [1.807, 2.05) is 0 Å². The van der Waals surface area contributed by atoms with Crippen LogP contribution in [0.25, 0.3) is 0 Å². The van der Waals surface area contributed by atoms with Crippen LogP contribution >= 0.6 is 0 Å². The Kier molecular flexibility index (Phi) is 4.08. The van der Waals surface area contributed by atoms with E-state index in [-0.39, 0.29) is 5.60 Å². The molecule has 0 unspecified atom stereocenters. The highest BCUT2D eigenvalue weighted by Gasteiger charge is 2.33. The van der Waals surface area contributed by atoms with E-state index in [4.69, 9.17) is 9.26 Å². The maximum atomic E-state index is 5.83. The van der Waals surface area contributed by atoms with Crippen LogP contribution in [0.15, 0.2) is 4.52 Å². The topological polar surface area (TPSA) is 60.2 Å². The van der Waals surface area contributed by atoms with E-state index >= 15 is 0 Å². The van der Waals surface area contributed by atoms with Crippen LogP contribution in [0, 0.1) is 5.92 Å². The molecule has 1 saturated carbocycles. The molecule has 0 aromatic carbocycles. The number of ether oxygens (including phenoxy) is 1. The SMILES string of the molecule is CCC1CCC(c2noc(COC3(C)CNC3)n2)CC1. The lowest BCUT2D eigenvalue weighted by molar-refractivity contribution is -0.0841. The summed E-state index contributed by atoms with van der Waals surface area (Å²) in [5, 5.41) is 7.37. The Morgan fingerprint density at radius 2 is 2.05 bits per heavy atom. The van der Waals surface area contributed by atoms with E-state index in [1.54, 1.807) is 0 Å². The summed E-state index contributed by atoms with van der Waals surface area (Å²) < 4.78 is 11.2. The molecule has 1 aromatic heterocycles. The molecule has 1 aromatic rings. The summed E-state index contributed by atoms with van der Waals surface area (Å²) in [6, 6.07) is 0. The fourth-order valence-corrected chi connectivity index (χ4v) is 3.14. The van der Waals surface area contributed by atoms with Gasteiger partial charge < -0.3 is 14.6 Å². The van der Waals surface area contributed by atoms with Crippen molar-refractivity contribution in [1.29, 1.82) is 0 Å². The molecule has 20 heavy (non-hydrogen) atoms. The molecule has 2 heterocycles. The Morgan fingerprint density at radius 1 is 1.30 bits per heavy atom. The quantitative estimate of drug-likeness (QED) is 0.898. The predicted octanol–water partition coefficient (Wildman–Crippen LogP) is 2.63. The van der Waals surface area contributed by atoms with Crippen molar-refractivity contribution in [2.24, 2.45) is 5.92 Å². The zero-order chi connectivity index (χ0) is 14.0. The molecule has 5 heteroatoms. The van der Waals surface area contributed by atoms with Gasteiger partial charge in [-0.1, -0.05) is 18.5 Å². The van der Waals surface area contributed by atoms with Gasteiger partial charge in [-0.05, 0) is 38.5 Å². The van der Waals surface area contributed by atoms with Gasteiger partial charge in [-0.3, -0.25) is 0 Å². The first kappa shape index (κ1) is 14.0. The van der Waals surface area contributed by atoms with Gasteiger partial charge in [0.1, 0.15) is 6.61 Å². The third-order valence-electron chi connectivity index (χ3n) is 4.82. The van der Waals surface area contributed by atoms with Gasteiger partial charge >= 0.3 is 0 Å². The summed E-state index contributed by atoms with van der Waals surface area (Å²) in [5.74, 6) is 2.88. The lowest BCUT2D eigenvalue weighted by Gasteiger charge is -2.38. The van der Waals surface area contributed by atoms with Gasteiger partial charge in [0, 0.05) is 19.0 Å². The zero-order valence-corrected chi connectivity index (χ0v) is 12.5. The summed E-state index contributed by atoms with van der Waals surface area (Å²) in [4.78, 5) is 4.52. The van der Waals surface area contributed by atoms with Crippen molar-refractivity contribution in [3.63, 3.8) is 0 Å². The van der Waals surface area contributed by atoms with Crippen molar-refractivity contribution in [3.05, 3.63) is 11.7 Å². The molecule has 1 saturated heterocycles. The van der Waals surface area contributed by atoms with E-state index in [0.29, 0.717) is 18.4 Å². The standard InChI is InChI=1S/C15H25N3O2/c1-3-11-4-6-12(7-5-11)14-17-13(20-18-14)8-19-15(2)9-16-10-15/h11-12,16H,3-10H2,1-2H3. The fourth-order valence-electron chi connectivity index (χ4n) is 3.14. The average Bonchev–Trinajstić information content (AvgIpc) is 2.92. The Hall–Kier alpha value is -0.940. The summed E-state index contributed by atoms with van der Waals surface area (Å²) in [6.45, 7) is 6.61. The third-order valence-corrected chi connectivity index (χ3v) is 4.82. The fraction of sp³-hybridized carbons (Fsp3) is 0.867. The van der Waals surface area contributed by atoms with Crippen LogP contribution in [0.2, 0.25) is 0 Å². The first-order chi connectivity index (χ1) is 9.68. The number of nitrogens with zero attached hydrogens (tertiary/aromatic N) is 2. The van der Waals surface area contributed by atoms with Crippen molar-refractivity contribution in [2.75, 3.05) is 13.1 Å². The zero-order valence-electron chi connectivity index (χ0n) is 12.5. The van der Waals surface area contributed by atoms with E-state index in [0.717, 1.165) is 24.8 Å². The van der Waals surface area contributed by atoms with E-state index < -0.39 is 0 Å². The Balaban J connectivity index is 1.51. The van der Waals surface area contributed by atoms with Gasteiger partial charge in [-0.25, -0.2) is 0 Å². The highest BCUT2D eigenvalue weighted by atomic mass is 16.5. The van der Waals surface area contributed by atoms with Crippen LogP contribution in [0.3, 0.4) is 0 Å². The molecule has 0 bridgehead atoms. The van der Waals surface area contributed by atoms with E-state index in [1.165, 1.54) is 32.1 Å². The van der Waals surface area contributed by atoms with Crippen LogP contribution in [0.4, 0.5) is 0 Å². The third kappa shape index (κ3) is 3.04. The van der Waals surface area contributed by atoms with Crippen molar-refractivity contribution < 1.29 is 9.26 Å². The Morgan fingerprint density at radius 3 is 2.65 bits per heavy atom. The summed E-state index contributed by atoms with van der Waals surface area (Å²) >= 11 is 0. The molecule has 0 amide bonds. The second-order valence-electron chi connectivity index (χ2n) is 6.51. The molecule has 2 aliphatic rings. The van der Waals surface area contributed by atoms with Gasteiger partial charge in [0.15, 0.2) is 5.82 Å². The molecule has 1 aliphatic heterocycles. The first-order valence-corrected chi connectivity index (χ1v) is 7.86. The maximum absolute atomic E-state index is 5.83. The molecule has 1 N–H and O–H groups in total. The van der Waals surface area contributed by atoms with Gasteiger partial charge in [0.2, 0.25) is 0 Å². The lowest BCUT2D eigenvalue weighted by atomic mass is 9.80. The molecule has 1 aliphatic carbocycles. The normalized spacial score (nSPS) is 29.1. The summed E-state index contributed by atoms with van der Waals surface area (Å²) in [5.41, 5.74) is -0.0617. The van der Waals surface area contributed by atoms with E-state index in [9.17, 15) is 0 Å². The largest absolute Gasteiger partial charge is 0.363 e. The molecule has 0 radical (unpaired) electrons. The maximum Gasteiger partial charge on any atom is 0.252 e. The number of hydrogen-bond donors (Lipinski definition) is 1. The van der Waals surface area contributed by atoms with Crippen molar-refractivity contribution >= 4 is 0 Å². The molecule has 3 rings (SSSR count). The average molecular weight is 279 g/mol. The molecule has 112 valence electrons. The minimum atomic E-state index is -0.0617. The molecule has 2 fully saturated rings. The van der Waals surface area contributed by atoms with Gasteiger partial charge in [-0.2, -0.15) is 4.98 Å². The molecular weight excluding hydrogens is 254 g/mol. The molecular formula is C15H25N3O2. The number of rotatable bonds is 5. The van der Waals surface area contributed by atoms with Crippen LogP contribution < -0.4 is 5.32 Å². The lowest BCUT2D eigenvalue weighted by Crippen LogP contribution is -2.58. The second kappa shape index (κ2) is 5.82. The molecule has 0 atom stereocenters. The number of nitrogens with one attached hydrogen (secondary N) is 1. The highest BCUT2D eigenvalue weighted by molar-refractivity contribution is 4.98. The molecule has 0 spiro atoms. The van der Waals surface area contributed by atoms with Crippen LogP contribution in [-0.2, 0) is 11.3 Å². The summed E-state index contributed by atoms with van der Waals surface area (Å²) in [6.07, 6.45) is 6.28. The van der Waals surface area contributed by atoms with Gasteiger partial charge in [0.25, 0.3) is 5.89 Å². The number of hydrogen-bond acceptors (Lipinski definition) is 5. The van der Waals surface area contributed by atoms with E-state index in [2.05, 4.69) is 29.3 Å².